The average Bonchev–Trinajstić information content (AvgIpc) is 2.73. The lowest BCUT2D eigenvalue weighted by molar-refractivity contribution is 0.171. The molecule has 0 unspecified atom stereocenters. The lowest BCUT2D eigenvalue weighted by atomic mass is 10.1. The number of fused-ring (bicyclic) bond motifs is 1. The van der Waals surface area contributed by atoms with Gasteiger partial charge >= 0.3 is 0 Å². The van der Waals surface area contributed by atoms with Crippen LogP contribution < -0.4 is 19.5 Å². The van der Waals surface area contributed by atoms with E-state index in [0.717, 1.165) is 17.0 Å². The molecule has 150 valence electrons. The Labute approximate surface area is 178 Å². The Morgan fingerprint density at radius 3 is 2.62 bits per heavy atom. The largest absolute Gasteiger partial charge is 0.488 e. The molecule has 4 rings (SSSR count). The molecule has 4 nitrogen and oxygen atoms in total. The number of hydrogen-bond acceptors (Lipinski definition) is 4. The van der Waals surface area contributed by atoms with Gasteiger partial charge in [-0.05, 0) is 42.5 Å². The van der Waals surface area contributed by atoms with Gasteiger partial charge in [0.2, 0.25) is 0 Å². The summed E-state index contributed by atoms with van der Waals surface area (Å²) in [5.41, 5.74) is 2.02. The van der Waals surface area contributed by atoms with E-state index in [9.17, 15) is 4.39 Å². The third-order valence-electron chi connectivity index (χ3n) is 4.48. The Morgan fingerprint density at radius 2 is 1.79 bits per heavy atom. The number of anilines is 1. The topological polar surface area (TPSA) is 39.7 Å². The lowest BCUT2D eigenvalue weighted by Gasteiger charge is -2.19. The molecule has 29 heavy (non-hydrogen) atoms. The molecule has 0 atom stereocenters. The molecule has 7 heteroatoms. The average molecular weight is 434 g/mol. The molecule has 3 aromatic rings. The van der Waals surface area contributed by atoms with Crippen LogP contribution in [0, 0.1) is 5.82 Å². The highest BCUT2D eigenvalue weighted by Crippen LogP contribution is 2.33. The van der Waals surface area contributed by atoms with Gasteiger partial charge in [0.1, 0.15) is 31.4 Å². The highest BCUT2D eigenvalue weighted by Gasteiger charge is 2.13. The normalized spacial score (nSPS) is 12.5. The van der Waals surface area contributed by atoms with Gasteiger partial charge in [-0.25, -0.2) is 4.39 Å². The zero-order chi connectivity index (χ0) is 20.2. The number of hydrogen-bond donors (Lipinski definition) is 1. The monoisotopic (exact) mass is 433 g/mol. The molecule has 0 aromatic heterocycles. The summed E-state index contributed by atoms with van der Waals surface area (Å²) in [6.45, 7) is 1.56. The predicted molar refractivity (Wildman–Crippen MR) is 112 cm³/mol. The first-order chi connectivity index (χ1) is 14.1. The van der Waals surface area contributed by atoms with E-state index < -0.39 is 5.82 Å². The molecule has 1 N–H and O–H groups in total. The van der Waals surface area contributed by atoms with Crippen LogP contribution >= 0.6 is 23.2 Å². The van der Waals surface area contributed by atoms with Crippen molar-refractivity contribution in [1.29, 1.82) is 0 Å². The van der Waals surface area contributed by atoms with E-state index in [-0.39, 0.29) is 6.61 Å². The minimum atomic E-state index is -0.401. The minimum absolute atomic E-state index is 0.0180. The van der Waals surface area contributed by atoms with Crippen LogP contribution in [0.1, 0.15) is 11.1 Å². The summed E-state index contributed by atoms with van der Waals surface area (Å²) in [5, 5.41) is 4.24. The van der Waals surface area contributed by atoms with Gasteiger partial charge in [-0.3, -0.25) is 0 Å². The molecule has 0 radical (unpaired) electrons. The Kier molecular flexibility index (Phi) is 5.97. The van der Waals surface area contributed by atoms with Crippen LogP contribution in [0.5, 0.6) is 17.2 Å². The zero-order valence-electron chi connectivity index (χ0n) is 15.4. The fourth-order valence-corrected chi connectivity index (χ4v) is 3.41. The molecule has 1 heterocycles. The van der Waals surface area contributed by atoms with E-state index in [1.807, 2.05) is 24.3 Å². The summed E-state index contributed by atoms with van der Waals surface area (Å²) in [4.78, 5) is 0. The zero-order valence-corrected chi connectivity index (χ0v) is 16.9. The molecular weight excluding hydrogens is 416 g/mol. The van der Waals surface area contributed by atoms with E-state index in [2.05, 4.69) is 5.32 Å². The molecule has 0 saturated heterocycles. The second-order valence-electron chi connectivity index (χ2n) is 6.45. The second-order valence-corrected chi connectivity index (χ2v) is 7.30. The van der Waals surface area contributed by atoms with Crippen LogP contribution in [0.25, 0.3) is 0 Å². The van der Waals surface area contributed by atoms with Crippen molar-refractivity contribution in [3.05, 3.63) is 81.6 Å². The molecule has 0 fully saturated rings. The molecular formula is C22H18Cl2FNO3. The van der Waals surface area contributed by atoms with Crippen molar-refractivity contribution in [3.63, 3.8) is 0 Å². The van der Waals surface area contributed by atoms with Crippen LogP contribution in [0.15, 0.2) is 54.6 Å². The van der Waals surface area contributed by atoms with E-state index in [1.54, 1.807) is 24.3 Å². The highest BCUT2D eigenvalue weighted by atomic mass is 35.5. The van der Waals surface area contributed by atoms with Crippen molar-refractivity contribution in [2.45, 2.75) is 13.2 Å². The van der Waals surface area contributed by atoms with Crippen molar-refractivity contribution in [3.8, 4) is 17.2 Å². The molecule has 3 aromatic carbocycles. The van der Waals surface area contributed by atoms with Crippen molar-refractivity contribution in [1.82, 2.24) is 0 Å². The van der Waals surface area contributed by atoms with Gasteiger partial charge in [0.25, 0.3) is 0 Å². The molecule has 0 amide bonds. The third-order valence-corrected chi connectivity index (χ3v) is 5.07. The summed E-state index contributed by atoms with van der Waals surface area (Å²) in [5.74, 6) is 1.63. The van der Waals surface area contributed by atoms with Crippen molar-refractivity contribution in [2.24, 2.45) is 0 Å². The Morgan fingerprint density at radius 1 is 0.966 bits per heavy atom. The van der Waals surface area contributed by atoms with Crippen molar-refractivity contribution < 1.29 is 18.6 Å². The Bertz CT molecular complexity index is 1010. The molecule has 0 spiro atoms. The van der Waals surface area contributed by atoms with Crippen molar-refractivity contribution in [2.75, 3.05) is 18.5 Å². The Hall–Kier alpha value is -2.63. The second kappa shape index (κ2) is 8.80. The first-order valence-electron chi connectivity index (χ1n) is 9.08. The maximum absolute atomic E-state index is 14.0. The van der Waals surface area contributed by atoms with Gasteiger partial charge in [0.05, 0.1) is 5.02 Å². The smallest absolute Gasteiger partial charge is 0.163 e. The van der Waals surface area contributed by atoms with Gasteiger partial charge < -0.3 is 19.5 Å². The van der Waals surface area contributed by atoms with Crippen LogP contribution in [0.4, 0.5) is 10.1 Å². The van der Waals surface area contributed by atoms with E-state index in [0.29, 0.717) is 46.9 Å². The summed E-state index contributed by atoms with van der Waals surface area (Å²) < 4.78 is 31.0. The summed E-state index contributed by atoms with van der Waals surface area (Å²) in [6, 6.07) is 15.5. The van der Waals surface area contributed by atoms with Crippen LogP contribution in [0.3, 0.4) is 0 Å². The molecule has 1 aliphatic heterocycles. The van der Waals surface area contributed by atoms with Gasteiger partial charge in [-0.1, -0.05) is 29.3 Å². The molecule has 0 bridgehead atoms. The van der Waals surface area contributed by atoms with Gasteiger partial charge in [0, 0.05) is 34.4 Å². The number of benzene rings is 3. The summed E-state index contributed by atoms with van der Waals surface area (Å²) in [6.07, 6.45) is 0. The number of ether oxygens (including phenoxy) is 3. The Balaban J connectivity index is 1.48. The lowest BCUT2D eigenvalue weighted by Crippen LogP contribution is -2.15. The quantitative estimate of drug-likeness (QED) is 0.509. The highest BCUT2D eigenvalue weighted by molar-refractivity contribution is 6.31. The summed E-state index contributed by atoms with van der Waals surface area (Å²) >= 11 is 12.2. The number of halogens is 3. The fraction of sp³-hybridized carbons (Fsp3) is 0.182. The number of nitrogens with one attached hydrogen (secondary N) is 1. The standard InChI is InChI=1S/C22H18Cl2FNO3/c23-15-4-6-20(29-13-17-18(24)2-1-3-19(17)25)14(10-15)12-26-16-5-7-21-22(11-16)28-9-8-27-21/h1-7,10-11,26H,8-9,12-13H2. The maximum Gasteiger partial charge on any atom is 0.163 e. The van der Waals surface area contributed by atoms with Gasteiger partial charge in [0.15, 0.2) is 11.5 Å². The first kappa shape index (κ1) is 19.7. The van der Waals surface area contributed by atoms with Crippen LogP contribution in [0.2, 0.25) is 10.0 Å². The molecule has 0 aliphatic carbocycles. The van der Waals surface area contributed by atoms with Crippen LogP contribution in [-0.4, -0.2) is 13.2 Å². The van der Waals surface area contributed by atoms with Crippen LogP contribution in [-0.2, 0) is 13.2 Å². The molecule has 0 saturated carbocycles. The van der Waals surface area contributed by atoms with E-state index in [1.165, 1.54) is 6.07 Å². The first-order valence-corrected chi connectivity index (χ1v) is 9.83. The van der Waals surface area contributed by atoms with Crippen molar-refractivity contribution >= 4 is 28.9 Å². The predicted octanol–water partition coefficient (Wildman–Crippen LogP) is 6.09. The number of rotatable bonds is 6. The summed E-state index contributed by atoms with van der Waals surface area (Å²) in [7, 11) is 0. The van der Waals surface area contributed by atoms with E-state index in [4.69, 9.17) is 37.4 Å². The van der Waals surface area contributed by atoms with Gasteiger partial charge in [-0.15, -0.1) is 0 Å². The van der Waals surface area contributed by atoms with E-state index >= 15 is 0 Å². The SMILES string of the molecule is Fc1cccc(Cl)c1COc1ccc(Cl)cc1CNc1ccc2c(c1)OCCO2. The fourth-order valence-electron chi connectivity index (χ4n) is 3.00. The maximum atomic E-state index is 14.0. The van der Waals surface area contributed by atoms with Gasteiger partial charge in [-0.2, -0.15) is 0 Å². The third kappa shape index (κ3) is 4.69. The molecule has 1 aliphatic rings. The minimum Gasteiger partial charge on any atom is -0.488 e.